The van der Waals surface area contributed by atoms with E-state index >= 15 is 0 Å². The molecular weight excluding hydrogens is 319 g/mol. The summed E-state index contributed by atoms with van der Waals surface area (Å²) >= 11 is 0. The van der Waals surface area contributed by atoms with Gasteiger partial charge in [-0.1, -0.05) is 30.2 Å². The molecule has 0 unspecified atom stereocenters. The molecule has 2 aromatic carbocycles. The van der Waals surface area contributed by atoms with Crippen molar-refractivity contribution in [2.45, 2.75) is 13.3 Å². The van der Waals surface area contributed by atoms with Gasteiger partial charge in [0, 0.05) is 17.2 Å². The number of ketones is 1. The molecule has 1 heterocycles. The fourth-order valence-corrected chi connectivity index (χ4v) is 2.63. The van der Waals surface area contributed by atoms with Crippen LogP contribution in [0.3, 0.4) is 0 Å². The number of carbonyl (C=O) groups is 1. The molecule has 0 aliphatic heterocycles. The number of nitrogens with zero attached hydrogens (tertiary/aromatic N) is 2. The number of halogens is 1. The number of hydrogen-bond donors (Lipinski definition) is 0. The largest absolute Gasteiger partial charge is 0.463 e. The number of benzene rings is 2. The lowest BCUT2D eigenvalue weighted by Crippen LogP contribution is -2.04. The van der Waals surface area contributed by atoms with E-state index < -0.39 is 5.82 Å². The number of aromatic nitrogens is 2. The van der Waals surface area contributed by atoms with E-state index in [0.29, 0.717) is 18.0 Å². The van der Waals surface area contributed by atoms with E-state index in [1.807, 2.05) is 24.3 Å². The maximum Gasteiger partial charge on any atom is 0.242 e. The van der Waals surface area contributed by atoms with Crippen molar-refractivity contribution in [3.63, 3.8) is 0 Å². The van der Waals surface area contributed by atoms with Gasteiger partial charge in [0.05, 0.1) is 11.3 Å². The highest BCUT2D eigenvalue weighted by atomic mass is 19.1. The Labute approximate surface area is 144 Å². The number of fused-ring (bicyclic) bond motifs is 1. The second-order valence-corrected chi connectivity index (χ2v) is 5.54. The number of carbonyl (C=O) groups excluding carboxylic acids is 1. The Morgan fingerprint density at radius 1 is 1.20 bits per heavy atom. The first-order valence-corrected chi connectivity index (χ1v) is 7.70. The predicted molar refractivity (Wildman–Crippen MR) is 93.1 cm³/mol. The van der Waals surface area contributed by atoms with Crippen LogP contribution < -0.4 is 4.74 Å². The summed E-state index contributed by atoms with van der Waals surface area (Å²) in [5.41, 5.74) is 1.57. The SMILES string of the molecule is C#CCOc1nnc(Cc2ccc(F)c(C(C)=O)c2)c2ccccc12. The molecular formula is C20H15FN2O2. The summed E-state index contributed by atoms with van der Waals surface area (Å²) in [4.78, 5) is 11.5. The number of ether oxygens (including phenoxy) is 1. The zero-order chi connectivity index (χ0) is 17.8. The van der Waals surface area contributed by atoms with Gasteiger partial charge in [-0.3, -0.25) is 4.79 Å². The molecule has 0 saturated carbocycles. The predicted octanol–water partition coefficient (Wildman–Crippen LogP) is 3.57. The standard InChI is InChI=1S/C20H15FN2O2/c1-3-10-25-20-16-7-5-4-6-15(16)19(22-23-20)12-14-8-9-18(21)17(11-14)13(2)24/h1,4-9,11H,10,12H2,2H3. The lowest BCUT2D eigenvalue weighted by atomic mass is 10.0. The van der Waals surface area contributed by atoms with E-state index in [1.165, 1.54) is 13.0 Å². The summed E-state index contributed by atoms with van der Waals surface area (Å²) in [6.07, 6.45) is 5.64. The molecule has 0 spiro atoms. The molecule has 5 heteroatoms. The highest BCUT2D eigenvalue weighted by Crippen LogP contribution is 2.26. The Morgan fingerprint density at radius 3 is 2.68 bits per heavy atom. The van der Waals surface area contributed by atoms with Crippen LogP contribution in [0.25, 0.3) is 10.8 Å². The first-order chi connectivity index (χ1) is 12.1. The molecule has 0 atom stereocenters. The third kappa shape index (κ3) is 3.48. The van der Waals surface area contributed by atoms with Crippen LogP contribution >= 0.6 is 0 Å². The van der Waals surface area contributed by atoms with Gasteiger partial charge in [0.1, 0.15) is 5.82 Å². The smallest absolute Gasteiger partial charge is 0.242 e. The van der Waals surface area contributed by atoms with Crippen LogP contribution in [0.15, 0.2) is 42.5 Å². The zero-order valence-corrected chi connectivity index (χ0v) is 13.6. The molecule has 124 valence electrons. The Hall–Kier alpha value is -3.26. The summed E-state index contributed by atoms with van der Waals surface area (Å²) in [6.45, 7) is 1.45. The van der Waals surface area contributed by atoms with E-state index in [0.717, 1.165) is 16.3 Å². The Morgan fingerprint density at radius 2 is 1.96 bits per heavy atom. The minimum atomic E-state index is -0.523. The average molecular weight is 334 g/mol. The topological polar surface area (TPSA) is 52.1 Å². The van der Waals surface area contributed by atoms with Crippen molar-refractivity contribution >= 4 is 16.6 Å². The third-order valence-electron chi connectivity index (χ3n) is 3.80. The molecule has 25 heavy (non-hydrogen) atoms. The minimum absolute atomic E-state index is 0.0729. The van der Waals surface area contributed by atoms with Gasteiger partial charge in [0.15, 0.2) is 12.4 Å². The summed E-state index contributed by atoms with van der Waals surface area (Å²) in [7, 11) is 0. The van der Waals surface area contributed by atoms with E-state index in [-0.39, 0.29) is 18.0 Å². The van der Waals surface area contributed by atoms with Crippen LogP contribution in [0.1, 0.15) is 28.5 Å². The monoisotopic (exact) mass is 334 g/mol. The molecule has 0 bridgehead atoms. The zero-order valence-electron chi connectivity index (χ0n) is 13.6. The Bertz CT molecular complexity index is 993. The quantitative estimate of drug-likeness (QED) is 0.529. The van der Waals surface area contributed by atoms with Gasteiger partial charge in [-0.05, 0) is 30.7 Å². The first-order valence-electron chi connectivity index (χ1n) is 7.70. The summed E-state index contributed by atoms with van der Waals surface area (Å²) < 4.78 is 19.1. The maximum absolute atomic E-state index is 13.7. The molecule has 3 aromatic rings. The molecule has 0 aliphatic rings. The van der Waals surface area contributed by atoms with Crippen molar-refractivity contribution in [2.24, 2.45) is 0 Å². The second-order valence-electron chi connectivity index (χ2n) is 5.54. The number of terminal acetylenes is 1. The van der Waals surface area contributed by atoms with Crippen molar-refractivity contribution in [2.75, 3.05) is 6.61 Å². The van der Waals surface area contributed by atoms with E-state index in [4.69, 9.17) is 11.2 Å². The van der Waals surface area contributed by atoms with Crippen LogP contribution in [0.4, 0.5) is 4.39 Å². The molecule has 0 amide bonds. The van der Waals surface area contributed by atoms with Crippen LogP contribution in [-0.2, 0) is 6.42 Å². The first kappa shape index (κ1) is 16.6. The third-order valence-corrected chi connectivity index (χ3v) is 3.80. The lowest BCUT2D eigenvalue weighted by Gasteiger charge is -2.10. The van der Waals surface area contributed by atoms with Crippen molar-refractivity contribution in [3.05, 3.63) is 65.1 Å². The number of rotatable bonds is 5. The highest BCUT2D eigenvalue weighted by Gasteiger charge is 2.13. The van der Waals surface area contributed by atoms with Crippen LogP contribution in [0.5, 0.6) is 5.88 Å². The van der Waals surface area contributed by atoms with Crippen molar-refractivity contribution < 1.29 is 13.9 Å². The highest BCUT2D eigenvalue weighted by molar-refractivity contribution is 5.94. The summed E-state index contributed by atoms with van der Waals surface area (Å²) in [6, 6.07) is 12.1. The van der Waals surface area contributed by atoms with Gasteiger partial charge in [0.2, 0.25) is 5.88 Å². The molecule has 0 fully saturated rings. The van der Waals surface area contributed by atoms with Crippen molar-refractivity contribution in [1.29, 1.82) is 0 Å². The lowest BCUT2D eigenvalue weighted by molar-refractivity contribution is 0.101. The van der Waals surface area contributed by atoms with Gasteiger partial charge in [-0.2, -0.15) is 5.10 Å². The van der Waals surface area contributed by atoms with Gasteiger partial charge in [0.25, 0.3) is 0 Å². The van der Waals surface area contributed by atoms with E-state index in [1.54, 1.807) is 12.1 Å². The molecule has 4 nitrogen and oxygen atoms in total. The van der Waals surface area contributed by atoms with Gasteiger partial charge in [-0.15, -0.1) is 11.5 Å². The fraction of sp³-hybridized carbons (Fsp3) is 0.150. The molecule has 0 saturated heterocycles. The summed E-state index contributed by atoms with van der Waals surface area (Å²) in [5, 5.41) is 10.0. The van der Waals surface area contributed by atoms with Crippen LogP contribution in [0.2, 0.25) is 0 Å². The second kappa shape index (κ2) is 7.10. The number of Topliss-reactive ketones (excluding diaryl/α,β-unsaturated/α-hetero) is 1. The van der Waals surface area contributed by atoms with E-state index in [9.17, 15) is 9.18 Å². The van der Waals surface area contributed by atoms with Gasteiger partial charge in [-0.25, -0.2) is 4.39 Å². The van der Waals surface area contributed by atoms with Crippen LogP contribution in [-0.4, -0.2) is 22.6 Å². The van der Waals surface area contributed by atoms with E-state index in [2.05, 4.69) is 16.1 Å². The fourth-order valence-electron chi connectivity index (χ4n) is 2.63. The Balaban J connectivity index is 2.02. The number of hydrogen-bond acceptors (Lipinski definition) is 4. The van der Waals surface area contributed by atoms with Crippen LogP contribution in [0, 0.1) is 18.2 Å². The maximum atomic E-state index is 13.7. The van der Waals surface area contributed by atoms with Gasteiger partial charge >= 0.3 is 0 Å². The molecule has 0 radical (unpaired) electrons. The normalized spacial score (nSPS) is 10.4. The van der Waals surface area contributed by atoms with Crippen molar-refractivity contribution in [3.8, 4) is 18.2 Å². The average Bonchev–Trinajstić information content (AvgIpc) is 2.62. The molecule has 0 N–H and O–H groups in total. The molecule has 1 aromatic heterocycles. The minimum Gasteiger partial charge on any atom is -0.463 e. The van der Waals surface area contributed by atoms with Crippen molar-refractivity contribution in [1.82, 2.24) is 10.2 Å². The summed E-state index contributed by atoms with van der Waals surface area (Å²) in [5.74, 6) is 1.94. The molecule has 3 rings (SSSR count). The molecule has 0 aliphatic carbocycles. The Kier molecular flexibility index (Phi) is 4.71. The van der Waals surface area contributed by atoms with Gasteiger partial charge < -0.3 is 4.74 Å².